The molecule has 25 heavy (non-hydrogen) atoms. The first-order chi connectivity index (χ1) is 11.9. The molecule has 0 amide bonds. The van der Waals surface area contributed by atoms with Crippen molar-refractivity contribution in [3.63, 3.8) is 0 Å². The molecule has 0 aromatic heterocycles. The smallest absolute Gasteiger partial charge is 0.0224 e. The molecule has 3 rings (SSSR count). The fourth-order valence-corrected chi connectivity index (χ4v) is 6.01. The van der Waals surface area contributed by atoms with Gasteiger partial charge < -0.3 is 10.6 Å². The highest BCUT2D eigenvalue weighted by Crippen LogP contribution is 2.39. The van der Waals surface area contributed by atoms with Crippen LogP contribution >= 0.6 is 0 Å². The van der Waals surface area contributed by atoms with Crippen molar-refractivity contribution in [1.29, 1.82) is 0 Å². The van der Waals surface area contributed by atoms with Crippen LogP contribution in [-0.2, 0) is 0 Å². The molecule has 0 radical (unpaired) electrons. The van der Waals surface area contributed by atoms with Crippen molar-refractivity contribution in [1.82, 2.24) is 10.6 Å². The van der Waals surface area contributed by atoms with Gasteiger partial charge in [-0.05, 0) is 55.8 Å². The highest BCUT2D eigenvalue weighted by atomic mass is 15.1. The Hall–Kier alpha value is -0.0800. The van der Waals surface area contributed by atoms with Crippen LogP contribution in [0.1, 0.15) is 105 Å². The van der Waals surface area contributed by atoms with Crippen molar-refractivity contribution in [2.24, 2.45) is 17.3 Å². The lowest BCUT2D eigenvalue weighted by atomic mass is 9.69. The van der Waals surface area contributed by atoms with Crippen molar-refractivity contribution in [3.8, 4) is 0 Å². The van der Waals surface area contributed by atoms with Crippen LogP contribution in [0.4, 0.5) is 0 Å². The van der Waals surface area contributed by atoms with Crippen molar-refractivity contribution < 1.29 is 0 Å². The minimum atomic E-state index is 0.438. The van der Waals surface area contributed by atoms with Crippen LogP contribution < -0.4 is 10.6 Å². The van der Waals surface area contributed by atoms with Crippen LogP contribution in [0.5, 0.6) is 0 Å². The maximum Gasteiger partial charge on any atom is 0.0224 e. The zero-order chi connectivity index (χ0) is 17.9. The predicted molar refractivity (Wildman–Crippen MR) is 109 cm³/mol. The Morgan fingerprint density at radius 2 is 1.00 bits per heavy atom. The van der Waals surface area contributed by atoms with Gasteiger partial charge in [-0.2, -0.15) is 0 Å². The second kappa shape index (κ2) is 8.74. The van der Waals surface area contributed by atoms with E-state index in [0.717, 1.165) is 23.9 Å². The molecule has 3 aliphatic carbocycles. The summed E-state index contributed by atoms with van der Waals surface area (Å²) in [7, 11) is 0. The average molecular weight is 349 g/mol. The molecule has 0 aliphatic heterocycles. The summed E-state index contributed by atoms with van der Waals surface area (Å²) < 4.78 is 0. The van der Waals surface area contributed by atoms with Crippen LogP contribution in [0.15, 0.2) is 0 Å². The number of nitrogens with one attached hydrogen (secondary N) is 2. The largest absolute Gasteiger partial charge is 0.309 e. The first-order valence-corrected chi connectivity index (χ1v) is 11.5. The highest BCUT2D eigenvalue weighted by Gasteiger charge is 2.37. The Labute approximate surface area is 157 Å². The number of hydrogen-bond acceptors (Lipinski definition) is 2. The Kier molecular flexibility index (Phi) is 6.88. The van der Waals surface area contributed by atoms with Gasteiger partial charge in [-0.1, -0.05) is 66.2 Å². The van der Waals surface area contributed by atoms with Gasteiger partial charge in [0, 0.05) is 24.2 Å². The zero-order valence-electron chi connectivity index (χ0n) is 17.4. The van der Waals surface area contributed by atoms with Gasteiger partial charge in [-0.15, -0.1) is 0 Å². The van der Waals surface area contributed by atoms with E-state index >= 15 is 0 Å². The minimum Gasteiger partial charge on any atom is -0.309 e. The maximum atomic E-state index is 4.21. The highest BCUT2D eigenvalue weighted by molar-refractivity contribution is 4.96. The first kappa shape index (κ1) is 19.7. The second-order valence-corrected chi connectivity index (χ2v) is 10.6. The van der Waals surface area contributed by atoms with Crippen molar-refractivity contribution in [2.45, 2.75) is 129 Å². The second-order valence-electron chi connectivity index (χ2n) is 10.6. The van der Waals surface area contributed by atoms with E-state index in [1.807, 2.05) is 0 Å². The molecule has 3 fully saturated rings. The third-order valence-corrected chi connectivity index (χ3v) is 7.61. The molecule has 0 bridgehead atoms. The van der Waals surface area contributed by atoms with E-state index in [1.54, 1.807) is 0 Å². The van der Waals surface area contributed by atoms with Gasteiger partial charge in [0.1, 0.15) is 0 Å². The van der Waals surface area contributed by atoms with Crippen LogP contribution in [0.2, 0.25) is 0 Å². The third-order valence-electron chi connectivity index (χ3n) is 7.61. The van der Waals surface area contributed by atoms with E-state index in [4.69, 9.17) is 0 Å². The fraction of sp³-hybridized carbons (Fsp3) is 1.00. The van der Waals surface area contributed by atoms with Gasteiger partial charge >= 0.3 is 0 Å². The topological polar surface area (TPSA) is 24.1 Å². The van der Waals surface area contributed by atoms with Crippen molar-refractivity contribution >= 4 is 0 Å². The van der Waals surface area contributed by atoms with Crippen molar-refractivity contribution in [3.05, 3.63) is 0 Å². The molecule has 3 saturated carbocycles. The van der Waals surface area contributed by atoms with E-state index in [2.05, 4.69) is 38.3 Å². The monoisotopic (exact) mass is 348 g/mol. The van der Waals surface area contributed by atoms with E-state index in [1.165, 1.54) is 77.0 Å². The third kappa shape index (κ3) is 5.22. The molecule has 0 heterocycles. The van der Waals surface area contributed by atoms with Gasteiger partial charge in [-0.3, -0.25) is 0 Å². The van der Waals surface area contributed by atoms with E-state index in [9.17, 15) is 0 Å². The SMILES string of the molecule is CC1CCCCC1NC1CCCCC1NC1CCCCC1C(C)(C)C. The lowest BCUT2D eigenvalue weighted by molar-refractivity contribution is 0.106. The van der Waals surface area contributed by atoms with Crippen molar-refractivity contribution in [2.75, 3.05) is 0 Å². The summed E-state index contributed by atoms with van der Waals surface area (Å²) in [4.78, 5) is 0. The zero-order valence-corrected chi connectivity index (χ0v) is 17.4. The summed E-state index contributed by atoms with van der Waals surface area (Å²) in [5.74, 6) is 1.71. The summed E-state index contributed by atoms with van der Waals surface area (Å²) in [5.41, 5.74) is 0.438. The summed E-state index contributed by atoms with van der Waals surface area (Å²) in [5, 5.41) is 8.34. The maximum absolute atomic E-state index is 4.21. The summed E-state index contributed by atoms with van der Waals surface area (Å²) >= 11 is 0. The molecule has 2 N–H and O–H groups in total. The Morgan fingerprint density at radius 1 is 0.560 bits per heavy atom. The predicted octanol–water partition coefficient (Wildman–Crippen LogP) is 5.66. The molecule has 2 heteroatoms. The lowest BCUT2D eigenvalue weighted by Gasteiger charge is -2.45. The molecule has 6 unspecified atom stereocenters. The molecule has 0 aromatic rings. The van der Waals surface area contributed by atoms with Gasteiger partial charge in [0.15, 0.2) is 0 Å². The van der Waals surface area contributed by atoms with Gasteiger partial charge in [0.05, 0.1) is 0 Å². The molecular weight excluding hydrogens is 304 g/mol. The first-order valence-electron chi connectivity index (χ1n) is 11.5. The van der Waals surface area contributed by atoms with Crippen LogP contribution in [0.3, 0.4) is 0 Å². The summed E-state index contributed by atoms with van der Waals surface area (Å²) in [6.45, 7) is 9.84. The van der Waals surface area contributed by atoms with E-state index in [-0.39, 0.29) is 0 Å². The van der Waals surface area contributed by atoms with Gasteiger partial charge in [0.25, 0.3) is 0 Å². The average Bonchev–Trinajstić information content (AvgIpc) is 2.58. The summed E-state index contributed by atoms with van der Waals surface area (Å²) in [6.07, 6.45) is 17.0. The minimum absolute atomic E-state index is 0.438. The molecule has 146 valence electrons. The molecular formula is C23H44N2. The standard InChI is InChI=1S/C23H44N2/c1-17-11-5-7-13-19(17)24-21-15-9-10-16-22(21)25-20-14-8-6-12-18(20)23(2,3)4/h17-22,24-25H,5-16H2,1-4H3. The van der Waals surface area contributed by atoms with Crippen LogP contribution in [-0.4, -0.2) is 24.2 Å². The quantitative estimate of drug-likeness (QED) is 0.685. The normalized spacial score (nSPS) is 40.8. The Bertz CT molecular complexity index is 399. The molecule has 0 aromatic carbocycles. The van der Waals surface area contributed by atoms with E-state index < -0.39 is 0 Å². The molecule has 3 aliphatic rings. The molecule has 0 spiro atoms. The van der Waals surface area contributed by atoms with Crippen LogP contribution in [0, 0.1) is 17.3 Å². The van der Waals surface area contributed by atoms with Gasteiger partial charge in [-0.25, -0.2) is 0 Å². The summed E-state index contributed by atoms with van der Waals surface area (Å²) in [6, 6.07) is 2.92. The van der Waals surface area contributed by atoms with E-state index in [0.29, 0.717) is 17.5 Å². The fourth-order valence-electron chi connectivity index (χ4n) is 6.01. The Morgan fingerprint density at radius 3 is 1.56 bits per heavy atom. The lowest BCUT2D eigenvalue weighted by Crippen LogP contribution is -2.58. The Balaban J connectivity index is 1.62. The molecule has 6 atom stereocenters. The molecule has 2 nitrogen and oxygen atoms in total. The van der Waals surface area contributed by atoms with Gasteiger partial charge in [0.2, 0.25) is 0 Å². The van der Waals surface area contributed by atoms with Crippen LogP contribution in [0.25, 0.3) is 0 Å². The molecule has 0 saturated heterocycles. The number of hydrogen-bond donors (Lipinski definition) is 2. The number of rotatable bonds is 4.